The molecule has 0 aromatic rings. The second kappa shape index (κ2) is 14.2. The number of carbonyl (C=O) groups is 3. The van der Waals surface area contributed by atoms with Crippen LogP contribution in [0.1, 0.15) is 88.0 Å². The summed E-state index contributed by atoms with van der Waals surface area (Å²) in [5, 5.41) is 0. The molecule has 0 spiro atoms. The summed E-state index contributed by atoms with van der Waals surface area (Å²) in [7, 11) is 0. The molecule has 3 atom stereocenters. The molecule has 0 saturated heterocycles. The van der Waals surface area contributed by atoms with E-state index in [-0.39, 0.29) is 30.3 Å². The third-order valence-corrected chi connectivity index (χ3v) is 4.26. The average molecular weight is 427 g/mol. The first-order valence-corrected chi connectivity index (χ1v) is 11.1. The minimum atomic E-state index is -0.690. The Labute approximate surface area is 182 Å². The van der Waals surface area contributed by atoms with E-state index in [0.29, 0.717) is 30.6 Å². The van der Waals surface area contributed by atoms with Crippen LogP contribution in [-0.2, 0) is 28.6 Å². The van der Waals surface area contributed by atoms with Gasteiger partial charge in [0, 0.05) is 6.08 Å². The number of hydrogen-bond donors (Lipinski definition) is 0. The van der Waals surface area contributed by atoms with Gasteiger partial charge in [-0.25, -0.2) is 9.59 Å². The van der Waals surface area contributed by atoms with Crippen molar-refractivity contribution in [1.82, 2.24) is 0 Å². The van der Waals surface area contributed by atoms with E-state index in [9.17, 15) is 14.4 Å². The molecule has 0 bridgehead atoms. The van der Waals surface area contributed by atoms with Crippen molar-refractivity contribution in [3.63, 3.8) is 0 Å². The predicted octanol–water partition coefficient (Wildman–Crippen LogP) is 5.24. The van der Waals surface area contributed by atoms with Crippen molar-refractivity contribution in [2.24, 2.45) is 17.8 Å². The Hall–Kier alpha value is -1.85. The van der Waals surface area contributed by atoms with Crippen LogP contribution in [0.15, 0.2) is 11.6 Å². The van der Waals surface area contributed by atoms with Crippen molar-refractivity contribution >= 4 is 17.9 Å². The van der Waals surface area contributed by atoms with E-state index in [2.05, 4.69) is 0 Å². The second-order valence-electron chi connectivity index (χ2n) is 9.50. The molecular weight excluding hydrogens is 384 g/mol. The largest absolute Gasteiger partial charge is 0.462 e. The van der Waals surface area contributed by atoms with Crippen molar-refractivity contribution in [3.05, 3.63) is 11.6 Å². The highest BCUT2D eigenvalue weighted by Gasteiger charge is 2.23. The van der Waals surface area contributed by atoms with Crippen LogP contribution in [0.4, 0.5) is 0 Å². The number of hydrogen-bond acceptors (Lipinski definition) is 6. The van der Waals surface area contributed by atoms with E-state index in [1.807, 2.05) is 48.5 Å². The Morgan fingerprint density at radius 2 is 1.03 bits per heavy atom. The molecule has 0 aliphatic heterocycles. The highest BCUT2D eigenvalue weighted by Crippen LogP contribution is 2.16. The number of esters is 3. The third kappa shape index (κ3) is 14.2. The maximum Gasteiger partial charge on any atom is 0.335 e. The zero-order chi connectivity index (χ0) is 23.4. The molecule has 0 unspecified atom stereocenters. The first-order chi connectivity index (χ1) is 13.8. The third-order valence-electron chi connectivity index (χ3n) is 4.26. The molecule has 30 heavy (non-hydrogen) atoms. The van der Waals surface area contributed by atoms with E-state index in [0.717, 1.165) is 12.5 Å². The van der Waals surface area contributed by atoms with Gasteiger partial charge in [0.05, 0.1) is 30.3 Å². The average Bonchev–Trinajstić information content (AvgIpc) is 2.50. The first-order valence-electron chi connectivity index (χ1n) is 11.1. The Morgan fingerprint density at radius 1 is 0.633 bits per heavy atom. The fraction of sp³-hybridized carbons (Fsp3) is 0.792. The summed E-state index contributed by atoms with van der Waals surface area (Å²) in [6.07, 6.45) is 1.96. The molecule has 0 aromatic carbocycles. The van der Waals surface area contributed by atoms with Crippen molar-refractivity contribution in [1.29, 1.82) is 0 Å². The Bertz CT molecular complexity index is 576. The Balaban J connectivity index is 5.26. The SMILES string of the molecule is CC(C)C[C@@H](C)OC(=O)C/C(=C/C(=O)O[C@@H](C)CC(C)C)C(=O)O[C@@H](C)CC(C)C. The molecule has 0 saturated carbocycles. The number of ether oxygens (including phenoxy) is 3. The Morgan fingerprint density at radius 3 is 1.47 bits per heavy atom. The van der Waals surface area contributed by atoms with Crippen molar-refractivity contribution in [3.8, 4) is 0 Å². The van der Waals surface area contributed by atoms with Gasteiger partial charge in [-0.15, -0.1) is 0 Å². The van der Waals surface area contributed by atoms with Crippen LogP contribution >= 0.6 is 0 Å². The summed E-state index contributed by atoms with van der Waals surface area (Å²) in [4.78, 5) is 37.3. The predicted molar refractivity (Wildman–Crippen MR) is 118 cm³/mol. The van der Waals surface area contributed by atoms with Gasteiger partial charge in [0.15, 0.2) is 0 Å². The molecule has 0 aromatic heterocycles. The van der Waals surface area contributed by atoms with Crippen LogP contribution in [0.25, 0.3) is 0 Å². The lowest BCUT2D eigenvalue weighted by atomic mass is 10.1. The van der Waals surface area contributed by atoms with Crippen molar-refractivity contribution in [2.75, 3.05) is 0 Å². The fourth-order valence-electron chi connectivity index (χ4n) is 3.37. The van der Waals surface area contributed by atoms with E-state index in [1.54, 1.807) is 13.8 Å². The minimum Gasteiger partial charge on any atom is -0.462 e. The molecule has 0 aliphatic rings. The van der Waals surface area contributed by atoms with Crippen LogP contribution < -0.4 is 0 Å². The van der Waals surface area contributed by atoms with Gasteiger partial charge in [-0.3, -0.25) is 4.79 Å². The van der Waals surface area contributed by atoms with Crippen LogP contribution in [-0.4, -0.2) is 36.2 Å². The van der Waals surface area contributed by atoms with E-state index >= 15 is 0 Å². The van der Waals surface area contributed by atoms with Crippen LogP contribution in [0.3, 0.4) is 0 Å². The molecule has 0 aliphatic carbocycles. The molecule has 0 radical (unpaired) electrons. The maximum absolute atomic E-state index is 12.6. The minimum absolute atomic E-state index is 0.0471. The van der Waals surface area contributed by atoms with Gasteiger partial charge in [0.1, 0.15) is 0 Å². The normalized spacial score (nSPS) is 15.1. The number of rotatable bonds is 13. The van der Waals surface area contributed by atoms with E-state index < -0.39 is 17.9 Å². The highest BCUT2D eigenvalue weighted by molar-refractivity contribution is 5.99. The molecule has 0 fully saturated rings. The molecule has 6 nitrogen and oxygen atoms in total. The summed E-state index contributed by atoms with van der Waals surface area (Å²) >= 11 is 0. The summed E-state index contributed by atoms with van der Waals surface area (Å²) in [5.41, 5.74) is -0.0471. The van der Waals surface area contributed by atoms with Crippen molar-refractivity contribution < 1.29 is 28.6 Å². The molecule has 174 valence electrons. The summed E-state index contributed by atoms with van der Waals surface area (Å²) in [6, 6.07) is 0. The van der Waals surface area contributed by atoms with Crippen LogP contribution in [0, 0.1) is 17.8 Å². The van der Waals surface area contributed by atoms with Crippen LogP contribution in [0.2, 0.25) is 0 Å². The summed E-state index contributed by atoms with van der Waals surface area (Å²) < 4.78 is 16.2. The van der Waals surface area contributed by atoms with E-state index in [1.165, 1.54) is 0 Å². The van der Waals surface area contributed by atoms with Crippen molar-refractivity contribution in [2.45, 2.75) is 106 Å². The summed E-state index contributed by atoms with van der Waals surface area (Å²) in [6.45, 7) is 17.6. The van der Waals surface area contributed by atoms with Gasteiger partial charge in [0.2, 0.25) is 0 Å². The van der Waals surface area contributed by atoms with Gasteiger partial charge in [0.25, 0.3) is 0 Å². The van der Waals surface area contributed by atoms with Gasteiger partial charge in [-0.1, -0.05) is 41.5 Å². The smallest absolute Gasteiger partial charge is 0.335 e. The standard InChI is InChI=1S/C24H42O6/c1-15(2)10-18(7)28-22(25)13-21(24(27)30-20(9)12-17(5)6)14-23(26)29-19(8)11-16(3)4/h13,15-20H,10-12,14H2,1-9H3/b21-13-/t18-,19+,20-/m0/s1. The second-order valence-corrected chi connectivity index (χ2v) is 9.50. The Kier molecular flexibility index (Phi) is 13.3. The monoisotopic (exact) mass is 426 g/mol. The highest BCUT2D eigenvalue weighted by atomic mass is 16.6. The lowest BCUT2D eigenvalue weighted by molar-refractivity contribution is -0.152. The van der Waals surface area contributed by atoms with E-state index in [4.69, 9.17) is 14.2 Å². The molecule has 0 N–H and O–H groups in total. The lowest BCUT2D eigenvalue weighted by Crippen LogP contribution is -2.23. The fourth-order valence-corrected chi connectivity index (χ4v) is 3.37. The van der Waals surface area contributed by atoms with Crippen LogP contribution in [0.5, 0.6) is 0 Å². The zero-order valence-corrected chi connectivity index (χ0v) is 20.3. The molecule has 0 heterocycles. The molecule has 0 rings (SSSR count). The summed E-state index contributed by atoms with van der Waals surface area (Å²) in [5.74, 6) is -0.813. The quantitative estimate of drug-likeness (QED) is 0.228. The zero-order valence-electron chi connectivity index (χ0n) is 20.3. The molecule has 6 heteroatoms. The number of carbonyl (C=O) groups excluding carboxylic acids is 3. The van der Waals surface area contributed by atoms with Gasteiger partial charge in [-0.05, 0) is 57.8 Å². The topological polar surface area (TPSA) is 78.9 Å². The van der Waals surface area contributed by atoms with Gasteiger partial charge >= 0.3 is 17.9 Å². The molecule has 0 amide bonds. The lowest BCUT2D eigenvalue weighted by Gasteiger charge is -2.18. The van der Waals surface area contributed by atoms with Gasteiger partial charge in [-0.2, -0.15) is 0 Å². The maximum atomic E-state index is 12.6. The van der Waals surface area contributed by atoms with Gasteiger partial charge < -0.3 is 14.2 Å². The first kappa shape index (κ1) is 28.1. The molecular formula is C24H42O6.